The standard InChI is InChI=1S/C9H7N5OS/c10-4-5-7(6-2-1-3-15-6)12-9(16)13-8(5)14-11/h1-3H,11H2,(H2,12,13,14,16). The minimum Gasteiger partial charge on any atom is -0.463 e. The van der Waals surface area contributed by atoms with Gasteiger partial charge in [-0.2, -0.15) is 5.26 Å². The second-order valence-electron chi connectivity index (χ2n) is 2.87. The summed E-state index contributed by atoms with van der Waals surface area (Å²) >= 11 is 4.92. The van der Waals surface area contributed by atoms with Crippen molar-refractivity contribution in [1.29, 1.82) is 5.26 Å². The quantitative estimate of drug-likeness (QED) is 0.413. The maximum atomic E-state index is 9.04. The van der Waals surface area contributed by atoms with Crippen LogP contribution in [0.25, 0.3) is 11.5 Å². The van der Waals surface area contributed by atoms with E-state index in [2.05, 4.69) is 15.4 Å². The highest BCUT2D eigenvalue weighted by molar-refractivity contribution is 7.71. The summed E-state index contributed by atoms with van der Waals surface area (Å²) in [6.45, 7) is 0. The number of hydrazine groups is 1. The third kappa shape index (κ3) is 1.67. The molecule has 0 atom stereocenters. The van der Waals surface area contributed by atoms with E-state index in [1.807, 2.05) is 6.07 Å². The van der Waals surface area contributed by atoms with Crippen molar-refractivity contribution in [3.63, 3.8) is 0 Å². The Morgan fingerprint density at radius 1 is 1.62 bits per heavy atom. The van der Waals surface area contributed by atoms with Crippen molar-refractivity contribution in [2.24, 2.45) is 5.84 Å². The maximum absolute atomic E-state index is 9.04. The number of nitrogens with zero attached hydrogens (tertiary/aromatic N) is 2. The maximum Gasteiger partial charge on any atom is 0.199 e. The number of anilines is 1. The second-order valence-corrected chi connectivity index (χ2v) is 3.26. The average molecular weight is 233 g/mol. The summed E-state index contributed by atoms with van der Waals surface area (Å²) in [4.78, 5) is 6.69. The number of rotatable bonds is 2. The molecule has 2 aromatic rings. The van der Waals surface area contributed by atoms with Crippen LogP contribution in [-0.2, 0) is 0 Å². The summed E-state index contributed by atoms with van der Waals surface area (Å²) in [5.74, 6) is 5.98. The van der Waals surface area contributed by atoms with E-state index in [0.717, 1.165) is 0 Å². The Bertz CT molecular complexity index is 595. The first-order chi connectivity index (χ1) is 7.76. The molecule has 0 bridgehead atoms. The van der Waals surface area contributed by atoms with E-state index in [1.165, 1.54) is 6.26 Å². The molecule has 0 aromatic carbocycles. The van der Waals surface area contributed by atoms with Crippen LogP contribution in [0.3, 0.4) is 0 Å². The summed E-state index contributed by atoms with van der Waals surface area (Å²) in [5, 5.41) is 9.04. The molecular weight excluding hydrogens is 226 g/mol. The number of aromatic nitrogens is 2. The Balaban J connectivity index is 2.75. The summed E-state index contributed by atoms with van der Waals surface area (Å²) < 4.78 is 5.41. The van der Waals surface area contributed by atoms with E-state index in [1.54, 1.807) is 12.1 Å². The SMILES string of the molecule is N#Cc1c(NN)nc(=S)[nH]c1-c1ccco1. The monoisotopic (exact) mass is 233 g/mol. The molecule has 0 saturated heterocycles. The van der Waals surface area contributed by atoms with Gasteiger partial charge in [-0.15, -0.1) is 0 Å². The van der Waals surface area contributed by atoms with Crippen molar-refractivity contribution in [2.45, 2.75) is 0 Å². The number of furan rings is 1. The zero-order chi connectivity index (χ0) is 11.5. The van der Waals surface area contributed by atoms with Crippen LogP contribution in [-0.4, -0.2) is 9.97 Å². The van der Waals surface area contributed by atoms with Gasteiger partial charge in [-0.3, -0.25) is 0 Å². The van der Waals surface area contributed by atoms with Crippen molar-refractivity contribution in [1.82, 2.24) is 9.97 Å². The van der Waals surface area contributed by atoms with Gasteiger partial charge in [-0.05, 0) is 24.4 Å². The first-order valence-electron chi connectivity index (χ1n) is 4.31. The van der Waals surface area contributed by atoms with Gasteiger partial charge in [0.15, 0.2) is 16.3 Å². The second kappa shape index (κ2) is 4.14. The fraction of sp³-hybridized carbons (Fsp3) is 0. The Morgan fingerprint density at radius 2 is 2.44 bits per heavy atom. The highest BCUT2D eigenvalue weighted by Gasteiger charge is 2.13. The van der Waals surface area contributed by atoms with Crippen molar-refractivity contribution < 1.29 is 4.42 Å². The molecule has 0 spiro atoms. The summed E-state index contributed by atoms with van der Waals surface area (Å²) in [5.41, 5.74) is 3.04. The van der Waals surface area contributed by atoms with Crippen LogP contribution < -0.4 is 11.3 Å². The van der Waals surface area contributed by atoms with E-state index in [9.17, 15) is 0 Å². The van der Waals surface area contributed by atoms with E-state index >= 15 is 0 Å². The van der Waals surface area contributed by atoms with Gasteiger partial charge in [0.1, 0.15) is 17.3 Å². The molecule has 16 heavy (non-hydrogen) atoms. The van der Waals surface area contributed by atoms with E-state index in [0.29, 0.717) is 11.5 Å². The lowest BCUT2D eigenvalue weighted by molar-refractivity contribution is 0.579. The highest BCUT2D eigenvalue weighted by Crippen LogP contribution is 2.24. The molecule has 0 radical (unpaired) electrons. The van der Waals surface area contributed by atoms with Crippen LogP contribution in [0.15, 0.2) is 22.8 Å². The van der Waals surface area contributed by atoms with Gasteiger partial charge >= 0.3 is 0 Å². The largest absolute Gasteiger partial charge is 0.463 e. The number of hydrogen-bond donors (Lipinski definition) is 3. The third-order valence-electron chi connectivity index (χ3n) is 1.95. The summed E-state index contributed by atoms with van der Waals surface area (Å²) in [7, 11) is 0. The molecule has 0 aliphatic heterocycles. The fourth-order valence-electron chi connectivity index (χ4n) is 1.29. The third-order valence-corrected chi connectivity index (χ3v) is 2.14. The molecule has 0 aliphatic carbocycles. The van der Waals surface area contributed by atoms with Crippen molar-refractivity contribution >= 4 is 18.0 Å². The molecule has 0 unspecified atom stereocenters. The number of nitrogens with two attached hydrogens (primary N) is 1. The lowest BCUT2D eigenvalue weighted by Gasteiger charge is -2.05. The van der Waals surface area contributed by atoms with Gasteiger partial charge in [0, 0.05) is 0 Å². The van der Waals surface area contributed by atoms with Crippen molar-refractivity contribution in [2.75, 3.05) is 5.43 Å². The van der Waals surface area contributed by atoms with Gasteiger partial charge in [0.2, 0.25) is 0 Å². The number of hydrogen-bond acceptors (Lipinski definition) is 6. The number of nitriles is 1. The molecule has 0 fully saturated rings. The van der Waals surface area contributed by atoms with Crippen LogP contribution >= 0.6 is 12.2 Å². The zero-order valence-corrected chi connectivity index (χ0v) is 8.84. The number of H-pyrrole nitrogens is 1. The predicted molar refractivity (Wildman–Crippen MR) is 59.6 cm³/mol. The number of nitrogens with one attached hydrogen (secondary N) is 2. The van der Waals surface area contributed by atoms with Crippen LogP contribution in [0.5, 0.6) is 0 Å². The Hall–Kier alpha value is -2.17. The molecule has 2 heterocycles. The predicted octanol–water partition coefficient (Wildman–Crippen LogP) is 1.56. The Labute approximate surface area is 95.7 Å². The fourth-order valence-corrected chi connectivity index (χ4v) is 1.49. The molecular formula is C9H7N5OS. The van der Waals surface area contributed by atoms with Crippen molar-refractivity contribution in [3.8, 4) is 17.5 Å². The van der Waals surface area contributed by atoms with Crippen LogP contribution in [0.4, 0.5) is 5.82 Å². The lowest BCUT2D eigenvalue weighted by Crippen LogP contribution is -2.11. The zero-order valence-electron chi connectivity index (χ0n) is 8.02. The average Bonchev–Trinajstić information content (AvgIpc) is 2.81. The van der Waals surface area contributed by atoms with Gasteiger partial charge < -0.3 is 14.8 Å². The van der Waals surface area contributed by atoms with Gasteiger partial charge in [0.25, 0.3) is 0 Å². The molecule has 2 rings (SSSR count). The molecule has 6 nitrogen and oxygen atoms in total. The first kappa shape index (κ1) is 10.4. The lowest BCUT2D eigenvalue weighted by atomic mass is 10.2. The molecule has 2 aromatic heterocycles. The van der Waals surface area contributed by atoms with Gasteiger partial charge in [-0.25, -0.2) is 10.8 Å². The highest BCUT2D eigenvalue weighted by atomic mass is 32.1. The normalized spacial score (nSPS) is 9.75. The van der Waals surface area contributed by atoms with E-state index < -0.39 is 0 Å². The molecule has 4 N–H and O–H groups in total. The summed E-state index contributed by atoms with van der Waals surface area (Å²) in [6.07, 6.45) is 1.50. The van der Waals surface area contributed by atoms with Crippen LogP contribution in [0.2, 0.25) is 0 Å². The van der Waals surface area contributed by atoms with Crippen LogP contribution in [0, 0.1) is 16.1 Å². The molecule has 0 aliphatic rings. The molecule has 0 amide bonds. The molecule has 0 saturated carbocycles. The van der Waals surface area contributed by atoms with Crippen LogP contribution in [0.1, 0.15) is 5.56 Å². The smallest absolute Gasteiger partial charge is 0.199 e. The van der Waals surface area contributed by atoms with Crippen molar-refractivity contribution in [3.05, 3.63) is 28.7 Å². The molecule has 7 heteroatoms. The van der Waals surface area contributed by atoms with E-state index in [-0.39, 0.29) is 16.2 Å². The number of aromatic amines is 1. The topological polar surface area (TPSA) is 104 Å². The van der Waals surface area contributed by atoms with Gasteiger partial charge in [-0.1, -0.05) is 0 Å². The minimum atomic E-state index is 0.220. The van der Waals surface area contributed by atoms with E-state index in [4.69, 9.17) is 27.7 Å². The molecule has 80 valence electrons. The van der Waals surface area contributed by atoms with Gasteiger partial charge in [0.05, 0.1) is 6.26 Å². The Morgan fingerprint density at radius 3 is 3.00 bits per heavy atom. The summed E-state index contributed by atoms with van der Waals surface area (Å²) in [6, 6.07) is 5.41. The Kier molecular flexibility index (Phi) is 2.68. The first-order valence-corrected chi connectivity index (χ1v) is 4.72. The number of nitrogen functional groups attached to an aromatic ring is 1. The minimum absolute atomic E-state index is 0.220.